The molecule has 0 spiro atoms. The Morgan fingerprint density at radius 3 is 2.62 bits per heavy atom. The van der Waals surface area contributed by atoms with Crippen molar-refractivity contribution < 1.29 is 0 Å². The van der Waals surface area contributed by atoms with Crippen LogP contribution in [0.1, 0.15) is 29.8 Å². The first kappa shape index (κ1) is 17.1. The van der Waals surface area contributed by atoms with Gasteiger partial charge in [-0.1, -0.05) is 0 Å². The van der Waals surface area contributed by atoms with Gasteiger partial charge >= 0.3 is 0 Å². The smallest absolute Gasteiger partial charge is 0.267 e. The number of piperazine rings is 1. The summed E-state index contributed by atoms with van der Waals surface area (Å²) in [6, 6.07) is 3.84. The van der Waals surface area contributed by atoms with Crippen LogP contribution < -0.4 is 10.5 Å². The van der Waals surface area contributed by atoms with Crippen molar-refractivity contribution in [2.75, 3.05) is 37.6 Å². The fourth-order valence-electron chi connectivity index (χ4n) is 3.81. The molecule has 0 aromatic carbocycles. The normalized spacial score (nSPS) is 18.0. The molecule has 2 aliphatic rings. The molecule has 0 N–H and O–H groups in total. The molecular weight excluding hydrogens is 328 g/mol. The molecule has 0 amide bonds. The van der Waals surface area contributed by atoms with Crippen LogP contribution in [0.3, 0.4) is 0 Å². The van der Waals surface area contributed by atoms with Gasteiger partial charge in [0.15, 0.2) is 0 Å². The van der Waals surface area contributed by atoms with Crippen LogP contribution in [0.4, 0.5) is 5.82 Å². The summed E-state index contributed by atoms with van der Waals surface area (Å²) in [4.78, 5) is 25.5. The molecule has 1 fully saturated rings. The van der Waals surface area contributed by atoms with Crippen LogP contribution in [0.25, 0.3) is 0 Å². The predicted octanol–water partition coefficient (Wildman–Crippen LogP) is 1.04. The molecule has 2 aromatic rings. The lowest BCUT2D eigenvalue weighted by molar-refractivity contribution is 0.241. The second kappa shape index (κ2) is 7.53. The average Bonchev–Trinajstić information content (AvgIpc) is 2.67. The Morgan fingerprint density at radius 1 is 1.00 bits per heavy atom. The number of fused-ring (bicyclic) bond motifs is 1. The molecule has 1 aliphatic heterocycles. The van der Waals surface area contributed by atoms with Crippen molar-refractivity contribution in [1.29, 1.82) is 0 Å². The number of nitrogens with zero attached hydrogens (tertiary/aromatic N) is 6. The monoisotopic (exact) mass is 354 g/mol. The first-order valence-electron chi connectivity index (χ1n) is 9.55. The molecule has 0 atom stereocenters. The van der Waals surface area contributed by atoms with Crippen molar-refractivity contribution in [1.82, 2.24) is 24.6 Å². The Balaban J connectivity index is 1.33. The van der Waals surface area contributed by atoms with Crippen LogP contribution in [0, 0.1) is 6.92 Å². The van der Waals surface area contributed by atoms with Crippen LogP contribution in [0.15, 0.2) is 23.3 Å². The third-order valence-corrected chi connectivity index (χ3v) is 5.39. The molecule has 1 aliphatic carbocycles. The maximum absolute atomic E-state index is 12.3. The highest BCUT2D eigenvalue weighted by Gasteiger charge is 2.19. The van der Waals surface area contributed by atoms with Crippen molar-refractivity contribution in [3.05, 3.63) is 45.8 Å². The van der Waals surface area contributed by atoms with Gasteiger partial charge in [0, 0.05) is 50.6 Å². The number of aromatic nitrogens is 4. The summed E-state index contributed by atoms with van der Waals surface area (Å²) < 4.78 is 1.66. The van der Waals surface area contributed by atoms with Crippen molar-refractivity contribution >= 4 is 5.82 Å². The van der Waals surface area contributed by atoms with Crippen LogP contribution in [0.2, 0.25) is 0 Å². The van der Waals surface area contributed by atoms with Gasteiger partial charge in [-0.3, -0.25) is 9.69 Å². The van der Waals surface area contributed by atoms with Crippen molar-refractivity contribution in [2.24, 2.45) is 0 Å². The van der Waals surface area contributed by atoms with Crippen LogP contribution >= 0.6 is 0 Å². The number of aryl methyl sites for hydroxylation is 3. The molecule has 7 nitrogen and oxygen atoms in total. The van der Waals surface area contributed by atoms with Crippen LogP contribution in [-0.2, 0) is 19.4 Å². The molecule has 1 saturated heterocycles. The molecule has 7 heteroatoms. The van der Waals surface area contributed by atoms with E-state index in [1.807, 2.05) is 13.0 Å². The minimum absolute atomic E-state index is 0.0424. The highest BCUT2D eigenvalue weighted by atomic mass is 16.1. The summed E-state index contributed by atoms with van der Waals surface area (Å²) >= 11 is 0. The summed E-state index contributed by atoms with van der Waals surface area (Å²) in [5.74, 6) is 1.00. The molecule has 138 valence electrons. The van der Waals surface area contributed by atoms with E-state index in [-0.39, 0.29) is 5.56 Å². The number of anilines is 1. The highest BCUT2D eigenvalue weighted by Crippen LogP contribution is 2.17. The molecule has 0 radical (unpaired) electrons. The molecule has 4 rings (SSSR count). The molecule has 0 bridgehead atoms. The highest BCUT2D eigenvalue weighted by molar-refractivity contribution is 5.39. The minimum atomic E-state index is 0.0424. The van der Waals surface area contributed by atoms with Crippen molar-refractivity contribution in [3.8, 4) is 0 Å². The third-order valence-electron chi connectivity index (χ3n) is 5.39. The minimum Gasteiger partial charge on any atom is -0.354 e. The summed E-state index contributed by atoms with van der Waals surface area (Å²) in [6.45, 7) is 7.36. The van der Waals surface area contributed by atoms with Gasteiger partial charge in [-0.15, -0.1) is 0 Å². The third kappa shape index (κ3) is 3.77. The molecule has 0 saturated carbocycles. The van der Waals surface area contributed by atoms with E-state index in [4.69, 9.17) is 0 Å². The standard InChI is InChI=1S/C19H26N6O/c1-15-12-18(21-14-20-15)24-9-6-23(7-10-24)8-11-25-19(26)13-16-4-2-3-5-17(16)22-25/h12-14H,2-11H2,1H3. The largest absolute Gasteiger partial charge is 0.354 e. The number of hydrogen-bond acceptors (Lipinski definition) is 6. The Bertz CT molecular complexity index is 825. The summed E-state index contributed by atoms with van der Waals surface area (Å²) in [6.07, 6.45) is 6.00. The van der Waals surface area contributed by atoms with Gasteiger partial charge in [-0.25, -0.2) is 14.6 Å². The van der Waals surface area contributed by atoms with E-state index in [0.29, 0.717) is 6.54 Å². The van der Waals surface area contributed by atoms with E-state index >= 15 is 0 Å². The maximum atomic E-state index is 12.3. The van der Waals surface area contributed by atoms with Gasteiger partial charge < -0.3 is 4.90 Å². The maximum Gasteiger partial charge on any atom is 0.267 e. The lowest BCUT2D eigenvalue weighted by Gasteiger charge is -2.35. The SMILES string of the molecule is Cc1cc(N2CCN(CCn3nc4c(cc3=O)CCCC4)CC2)ncn1. The average molecular weight is 354 g/mol. The topological polar surface area (TPSA) is 67.2 Å². The fourth-order valence-corrected chi connectivity index (χ4v) is 3.81. The lowest BCUT2D eigenvalue weighted by atomic mass is 9.97. The van der Waals surface area contributed by atoms with E-state index in [1.54, 1.807) is 17.1 Å². The zero-order valence-corrected chi connectivity index (χ0v) is 15.4. The van der Waals surface area contributed by atoms with Crippen LogP contribution in [0.5, 0.6) is 0 Å². The molecule has 3 heterocycles. The van der Waals surface area contributed by atoms with Gasteiger partial charge in [0.25, 0.3) is 5.56 Å². The van der Waals surface area contributed by atoms with Gasteiger partial charge in [0.2, 0.25) is 0 Å². The van der Waals surface area contributed by atoms with E-state index in [2.05, 4.69) is 24.9 Å². The summed E-state index contributed by atoms with van der Waals surface area (Å²) in [7, 11) is 0. The molecule has 0 unspecified atom stereocenters. The second-order valence-electron chi connectivity index (χ2n) is 7.23. The summed E-state index contributed by atoms with van der Waals surface area (Å²) in [5, 5.41) is 4.62. The molecular formula is C19H26N6O. The zero-order chi connectivity index (χ0) is 17.9. The lowest BCUT2D eigenvalue weighted by Crippen LogP contribution is -2.48. The van der Waals surface area contributed by atoms with E-state index < -0.39 is 0 Å². The Kier molecular flexibility index (Phi) is 4.97. The molecule has 2 aromatic heterocycles. The zero-order valence-electron chi connectivity index (χ0n) is 15.4. The fraction of sp³-hybridized carbons (Fsp3) is 0.579. The second-order valence-corrected chi connectivity index (χ2v) is 7.23. The number of rotatable bonds is 4. The van der Waals surface area contributed by atoms with Gasteiger partial charge in [-0.05, 0) is 38.2 Å². The van der Waals surface area contributed by atoms with Crippen LogP contribution in [-0.4, -0.2) is 57.4 Å². The van der Waals surface area contributed by atoms with Gasteiger partial charge in [0.05, 0.1) is 12.2 Å². The Labute approximate surface area is 153 Å². The Hall–Kier alpha value is -2.28. The van der Waals surface area contributed by atoms with E-state index in [0.717, 1.165) is 68.3 Å². The Morgan fingerprint density at radius 2 is 1.81 bits per heavy atom. The van der Waals surface area contributed by atoms with Gasteiger partial charge in [0.1, 0.15) is 12.1 Å². The summed E-state index contributed by atoms with van der Waals surface area (Å²) in [5.41, 5.74) is 3.32. The first-order valence-corrected chi connectivity index (χ1v) is 9.55. The van der Waals surface area contributed by atoms with E-state index in [9.17, 15) is 4.79 Å². The van der Waals surface area contributed by atoms with E-state index in [1.165, 1.54) is 12.8 Å². The quantitative estimate of drug-likeness (QED) is 0.817. The number of hydrogen-bond donors (Lipinski definition) is 0. The van der Waals surface area contributed by atoms with Crippen molar-refractivity contribution in [3.63, 3.8) is 0 Å². The van der Waals surface area contributed by atoms with Gasteiger partial charge in [-0.2, -0.15) is 5.10 Å². The molecule has 26 heavy (non-hydrogen) atoms. The predicted molar refractivity (Wildman–Crippen MR) is 101 cm³/mol. The van der Waals surface area contributed by atoms with Crippen molar-refractivity contribution in [2.45, 2.75) is 39.2 Å². The first-order chi connectivity index (χ1) is 12.7.